The highest BCUT2D eigenvalue weighted by Crippen LogP contribution is 2.51. The fraction of sp³-hybridized carbons (Fsp3) is 0.471. The molecule has 2 aromatic rings. The van der Waals surface area contributed by atoms with Crippen molar-refractivity contribution in [2.24, 2.45) is 0 Å². The molecule has 5 nitrogen and oxygen atoms in total. The molecule has 3 aliphatic rings. The van der Waals surface area contributed by atoms with Crippen LogP contribution in [0.5, 0.6) is 0 Å². The second-order valence-corrected chi connectivity index (χ2v) is 8.91. The van der Waals surface area contributed by atoms with Crippen molar-refractivity contribution in [2.45, 2.75) is 38.0 Å². The Balaban J connectivity index is 1.46. The van der Waals surface area contributed by atoms with Crippen molar-refractivity contribution < 1.29 is 9.18 Å². The van der Waals surface area contributed by atoms with Crippen molar-refractivity contribution in [3.63, 3.8) is 0 Å². The second-order valence-electron chi connectivity index (χ2n) is 6.98. The fourth-order valence-electron chi connectivity index (χ4n) is 3.44. The van der Waals surface area contributed by atoms with Gasteiger partial charge in [-0.3, -0.25) is 4.79 Å². The summed E-state index contributed by atoms with van der Waals surface area (Å²) in [6.45, 7) is 2.03. The minimum Gasteiger partial charge on any atom is -0.350 e. The van der Waals surface area contributed by atoms with Gasteiger partial charge in [0.05, 0.1) is 34.5 Å². The largest absolute Gasteiger partial charge is 0.350 e. The summed E-state index contributed by atoms with van der Waals surface area (Å²) >= 11 is 5.07. The van der Waals surface area contributed by atoms with E-state index in [1.807, 2.05) is 6.07 Å². The molecule has 1 aliphatic carbocycles. The first-order valence-corrected chi connectivity index (χ1v) is 9.93. The number of anilines is 1. The summed E-state index contributed by atoms with van der Waals surface area (Å²) in [6, 6.07) is 1.87. The van der Waals surface area contributed by atoms with E-state index in [4.69, 9.17) is 4.98 Å². The zero-order valence-corrected chi connectivity index (χ0v) is 16.1. The topological polar surface area (TPSA) is 49.3 Å². The number of carbonyl (C=O) groups excluding carboxylic acids is 1. The SMILES string of the molecule is CN1Cc2nc(N3CCc4nc(C5(F)CC5)sc4C3)c(Br)cc2C1=O. The van der Waals surface area contributed by atoms with Gasteiger partial charge >= 0.3 is 0 Å². The molecule has 0 bridgehead atoms. The third kappa shape index (κ3) is 2.41. The van der Waals surface area contributed by atoms with Crippen LogP contribution in [0.25, 0.3) is 0 Å². The number of amides is 1. The summed E-state index contributed by atoms with van der Waals surface area (Å²) < 4.78 is 15.1. The lowest BCUT2D eigenvalue weighted by atomic mass is 10.1. The smallest absolute Gasteiger partial charge is 0.255 e. The first kappa shape index (κ1) is 15.7. The lowest BCUT2D eigenvalue weighted by Gasteiger charge is -2.28. The molecule has 1 fully saturated rings. The molecule has 0 atom stereocenters. The zero-order chi connectivity index (χ0) is 17.3. The molecule has 5 rings (SSSR count). The standard InChI is InChI=1S/C17H16BrFN4OS/c1-22-7-12-9(15(22)24)6-10(18)14(20-12)23-5-2-11-13(8-23)25-16(21-11)17(19)3-4-17/h6H,2-5,7-8H2,1H3. The summed E-state index contributed by atoms with van der Waals surface area (Å²) in [6.07, 6.45) is 2.00. The molecular formula is C17H16BrFN4OS. The molecule has 2 aliphatic heterocycles. The number of carbonyl (C=O) groups is 1. The molecule has 0 unspecified atom stereocenters. The molecule has 2 aromatic heterocycles. The summed E-state index contributed by atoms with van der Waals surface area (Å²) in [7, 11) is 1.79. The highest BCUT2D eigenvalue weighted by Gasteiger charge is 2.48. The molecule has 25 heavy (non-hydrogen) atoms. The number of thiazole rings is 1. The number of pyridine rings is 1. The van der Waals surface area contributed by atoms with Crippen molar-refractivity contribution in [2.75, 3.05) is 18.5 Å². The number of nitrogens with zero attached hydrogens (tertiary/aromatic N) is 4. The quantitative estimate of drug-likeness (QED) is 0.743. The Bertz CT molecular complexity index is 910. The maximum absolute atomic E-state index is 14.3. The van der Waals surface area contributed by atoms with Crippen LogP contribution in [0.1, 0.15) is 44.5 Å². The summed E-state index contributed by atoms with van der Waals surface area (Å²) in [4.78, 5) is 26.4. The Morgan fingerprint density at radius 3 is 2.84 bits per heavy atom. The molecule has 0 radical (unpaired) electrons. The predicted octanol–water partition coefficient (Wildman–Crippen LogP) is 3.41. The fourth-order valence-corrected chi connectivity index (χ4v) is 5.27. The molecule has 4 heterocycles. The minimum atomic E-state index is -1.16. The van der Waals surface area contributed by atoms with Crippen LogP contribution in [0.15, 0.2) is 10.5 Å². The van der Waals surface area contributed by atoms with Crippen LogP contribution in [0.3, 0.4) is 0 Å². The van der Waals surface area contributed by atoms with Gasteiger partial charge in [-0.2, -0.15) is 0 Å². The lowest BCUT2D eigenvalue weighted by molar-refractivity contribution is 0.0816. The summed E-state index contributed by atoms with van der Waals surface area (Å²) in [5.74, 6) is 0.865. The number of alkyl halides is 1. The zero-order valence-electron chi connectivity index (χ0n) is 13.7. The second kappa shape index (κ2) is 5.23. The van der Waals surface area contributed by atoms with E-state index in [1.54, 1.807) is 11.9 Å². The van der Waals surface area contributed by atoms with E-state index in [1.165, 1.54) is 11.3 Å². The Hall–Kier alpha value is -1.54. The normalized spacial score (nSPS) is 20.7. The Kier molecular flexibility index (Phi) is 3.29. The highest BCUT2D eigenvalue weighted by molar-refractivity contribution is 9.10. The van der Waals surface area contributed by atoms with Gasteiger partial charge in [0, 0.05) is 24.9 Å². The van der Waals surface area contributed by atoms with Gasteiger partial charge < -0.3 is 9.80 Å². The van der Waals surface area contributed by atoms with Crippen LogP contribution in [-0.2, 0) is 25.2 Å². The first-order valence-electron chi connectivity index (χ1n) is 8.32. The molecule has 130 valence electrons. The molecule has 0 saturated heterocycles. The molecule has 0 spiro atoms. The molecule has 8 heteroatoms. The van der Waals surface area contributed by atoms with Crippen molar-refractivity contribution in [1.82, 2.24) is 14.9 Å². The van der Waals surface area contributed by atoms with Gasteiger partial charge in [0.15, 0.2) is 5.67 Å². The van der Waals surface area contributed by atoms with Gasteiger partial charge in [0.2, 0.25) is 0 Å². The van der Waals surface area contributed by atoms with E-state index in [0.29, 0.717) is 36.5 Å². The van der Waals surface area contributed by atoms with E-state index in [9.17, 15) is 9.18 Å². The van der Waals surface area contributed by atoms with E-state index in [0.717, 1.165) is 39.5 Å². The average Bonchev–Trinajstić information content (AvgIpc) is 3.09. The van der Waals surface area contributed by atoms with E-state index < -0.39 is 5.67 Å². The number of aromatic nitrogens is 2. The van der Waals surface area contributed by atoms with E-state index in [-0.39, 0.29) is 5.91 Å². The van der Waals surface area contributed by atoms with Crippen LogP contribution >= 0.6 is 27.3 Å². The minimum absolute atomic E-state index is 0.0143. The molecule has 1 saturated carbocycles. The third-order valence-electron chi connectivity index (χ3n) is 5.10. The Morgan fingerprint density at radius 1 is 1.28 bits per heavy atom. The van der Waals surface area contributed by atoms with Crippen LogP contribution in [-0.4, -0.2) is 34.4 Å². The van der Waals surface area contributed by atoms with Crippen LogP contribution in [0.4, 0.5) is 10.2 Å². The predicted molar refractivity (Wildman–Crippen MR) is 96.6 cm³/mol. The van der Waals surface area contributed by atoms with Gasteiger partial charge in [0.1, 0.15) is 10.8 Å². The third-order valence-corrected chi connectivity index (χ3v) is 6.95. The number of fused-ring (bicyclic) bond motifs is 2. The molecular weight excluding hydrogens is 407 g/mol. The number of hydrogen-bond donors (Lipinski definition) is 0. The summed E-state index contributed by atoms with van der Waals surface area (Å²) in [5, 5.41) is 0.646. The van der Waals surface area contributed by atoms with Crippen LogP contribution in [0.2, 0.25) is 0 Å². The van der Waals surface area contributed by atoms with Gasteiger partial charge in [-0.15, -0.1) is 11.3 Å². The molecule has 0 N–H and O–H groups in total. The van der Waals surface area contributed by atoms with Crippen molar-refractivity contribution in [3.05, 3.63) is 37.4 Å². The highest BCUT2D eigenvalue weighted by atomic mass is 79.9. The number of halogens is 2. The van der Waals surface area contributed by atoms with Gasteiger partial charge in [0.25, 0.3) is 5.91 Å². The first-order chi connectivity index (χ1) is 11.9. The van der Waals surface area contributed by atoms with Gasteiger partial charge in [-0.25, -0.2) is 14.4 Å². The monoisotopic (exact) mass is 422 g/mol. The Morgan fingerprint density at radius 2 is 2.08 bits per heavy atom. The van der Waals surface area contributed by atoms with Crippen molar-refractivity contribution in [3.8, 4) is 0 Å². The number of rotatable bonds is 2. The lowest BCUT2D eigenvalue weighted by Crippen LogP contribution is -2.31. The average molecular weight is 423 g/mol. The summed E-state index contributed by atoms with van der Waals surface area (Å²) in [5.41, 5.74) is 1.36. The molecule has 1 amide bonds. The van der Waals surface area contributed by atoms with E-state index >= 15 is 0 Å². The number of hydrogen-bond acceptors (Lipinski definition) is 5. The molecule has 0 aromatic carbocycles. The Labute approximate surface area is 157 Å². The van der Waals surface area contributed by atoms with Gasteiger partial charge in [-0.05, 0) is 34.8 Å². The van der Waals surface area contributed by atoms with Gasteiger partial charge in [-0.1, -0.05) is 0 Å². The maximum Gasteiger partial charge on any atom is 0.255 e. The maximum atomic E-state index is 14.3. The van der Waals surface area contributed by atoms with Crippen LogP contribution in [0, 0.1) is 0 Å². The van der Waals surface area contributed by atoms with Crippen molar-refractivity contribution >= 4 is 39.0 Å². The van der Waals surface area contributed by atoms with E-state index in [2.05, 4.69) is 25.8 Å². The van der Waals surface area contributed by atoms with Crippen LogP contribution < -0.4 is 4.90 Å². The van der Waals surface area contributed by atoms with Crippen molar-refractivity contribution in [1.29, 1.82) is 0 Å².